The summed E-state index contributed by atoms with van der Waals surface area (Å²) in [4.78, 5) is 29.8. The van der Waals surface area contributed by atoms with Crippen LogP contribution in [0.3, 0.4) is 0 Å². The first kappa shape index (κ1) is 22.4. The lowest BCUT2D eigenvalue weighted by Crippen LogP contribution is -2.28. The average molecular weight is 492 g/mol. The summed E-state index contributed by atoms with van der Waals surface area (Å²) in [6, 6.07) is 11.9. The minimum atomic E-state index is -0.811. The van der Waals surface area contributed by atoms with Crippen molar-refractivity contribution in [1.29, 1.82) is 0 Å². The number of nitrogens with zero attached hydrogens (tertiary/aromatic N) is 2. The normalized spacial score (nSPS) is 11.1. The number of aromatic nitrogens is 2. The van der Waals surface area contributed by atoms with Gasteiger partial charge < -0.3 is 5.32 Å². The number of carbonyl (C=O) groups excluding carboxylic acids is 1. The van der Waals surface area contributed by atoms with Crippen LogP contribution in [-0.2, 0) is 11.2 Å². The molecule has 0 aliphatic rings. The molecule has 4 aromatic rings. The number of rotatable bonds is 7. The van der Waals surface area contributed by atoms with Gasteiger partial charge in [-0.15, -0.1) is 11.3 Å². The Bertz CT molecular complexity index is 1320. The SMILES string of the molecule is O=C(CSc1nc2ccsc2c(=O)n1-c1cc(F)cc(F)c1)NCCc1ccc(Cl)cc1. The standard InChI is InChI=1S/C22H16ClF2N3O2S2/c23-14-3-1-13(2-4-14)5-7-26-19(29)12-32-22-27-18-6-8-31-20(18)21(30)28(22)17-10-15(24)9-16(25)11-17/h1-4,6,8-11H,5,7,12H2,(H,26,29). The van der Waals surface area contributed by atoms with Crippen LogP contribution in [0.1, 0.15) is 5.56 Å². The molecule has 0 spiro atoms. The molecular weight excluding hydrogens is 476 g/mol. The monoisotopic (exact) mass is 491 g/mol. The van der Waals surface area contributed by atoms with Crippen molar-refractivity contribution >= 4 is 50.8 Å². The first-order valence-electron chi connectivity index (χ1n) is 9.51. The van der Waals surface area contributed by atoms with Crippen LogP contribution in [0.4, 0.5) is 8.78 Å². The van der Waals surface area contributed by atoms with Crippen molar-refractivity contribution in [3.8, 4) is 5.69 Å². The Labute approximate surface area is 195 Å². The molecule has 0 saturated heterocycles. The van der Waals surface area contributed by atoms with Gasteiger partial charge in [-0.25, -0.2) is 13.8 Å². The van der Waals surface area contributed by atoms with Crippen LogP contribution in [0.2, 0.25) is 5.02 Å². The van der Waals surface area contributed by atoms with E-state index >= 15 is 0 Å². The van der Waals surface area contributed by atoms with E-state index in [0.717, 1.165) is 40.1 Å². The third-order valence-corrected chi connectivity index (χ3v) is 6.62. The number of hydrogen-bond donors (Lipinski definition) is 1. The molecule has 0 saturated carbocycles. The maximum atomic E-state index is 13.8. The highest BCUT2D eigenvalue weighted by Gasteiger charge is 2.17. The Balaban J connectivity index is 1.51. The molecule has 5 nitrogen and oxygen atoms in total. The van der Waals surface area contributed by atoms with Crippen LogP contribution >= 0.6 is 34.7 Å². The summed E-state index contributed by atoms with van der Waals surface area (Å²) in [7, 11) is 0. The van der Waals surface area contributed by atoms with Crippen molar-refractivity contribution in [1.82, 2.24) is 14.9 Å². The number of nitrogens with one attached hydrogen (secondary N) is 1. The Hall–Kier alpha value is -2.75. The summed E-state index contributed by atoms with van der Waals surface area (Å²) in [6.07, 6.45) is 0.639. The Kier molecular flexibility index (Phi) is 6.88. The highest BCUT2D eigenvalue weighted by Crippen LogP contribution is 2.24. The number of halogens is 3. The van der Waals surface area contributed by atoms with Gasteiger partial charge in [0.05, 0.1) is 17.0 Å². The smallest absolute Gasteiger partial charge is 0.276 e. The summed E-state index contributed by atoms with van der Waals surface area (Å²) >= 11 is 8.08. The van der Waals surface area contributed by atoms with Crippen LogP contribution < -0.4 is 10.9 Å². The third kappa shape index (κ3) is 5.17. The van der Waals surface area contributed by atoms with E-state index in [1.165, 1.54) is 11.3 Å². The molecule has 164 valence electrons. The van der Waals surface area contributed by atoms with Gasteiger partial charge in [-0.2, -0.15) is 0 Å². The van der Waals surface area contributed by atoms with Crippen molar-refractivity contribution in [3.05, 3.63) is 86.5 Å². The summed E-state index contributed by atoms with van der Waals surface area (Å²) in [6.45, 7) is 0.430. The molecule has 4 rings (SSSR count). The fraction of sp³-hybridized carbons (Fsp3) is 0.136. The Morgan fingerprint density at radius 3 is 2.56 bits per heavy atom. The molecule has 0 aliphatic heterocycles. The van der Waals surface area contributed by atoms with E-state index in [9.17, 15) is 18.4 Å². The summed E-state index contributed by atoms with van der Waals surface area (Å²) in [5.41, 5.74) is 1.08. The Morgan fingerprint density at radius 2 is 1.84 bits per heavy atom. The van der Waals surface area contributed by atoms with Crippen molar-refractivity contribution in [3.63, 3.8) is 0 Å². The van der Waals surface area contributed by atoms with Gasteiger partial charge in [-0.3, -0.25) is 14.2 Å². The number of benzene rings is 2. The maximum Gasteiger partial charge on any atom is 0.276 e. The second kappa shape index (κ2) is 9.81. The first-order valence-corrected chi connectivity index (χ1v) is 11.8. The van der Waals surface area contributed by atoms with Crippen LogP contribution in [0, 0.1) is 11.6 Å². The number of amides is 1. The average Bonchev–Trinajstić information content (AvgIpc) is 3.22. The highest BCUT2D eigenvalue weighted by atomic mass is 35.5. The van der Waals surface area contributed by atoms with E-state index in [2.05, 4.69) is 10.3 Å². The van der Waals surface area contributed by atoms with E-state index in [4.69, 9.17) is 11.6 Å². The lowest BCUT2D eigenvalue weighted by Gasteiger charge is -2.12. The minimum Gasteiger partial charge on any atom is -0.355 e. The van der Waals surface area contributed by atoms with E-state index in [-0.39, 0.29) is 22.5 Å². The second-order valence-corrected chi connectivity index (χ2v) is 9.11. The molecule has 32 heavy (non-hydrogen) atoms. The van der Waals surface area contributed by atoms with E-state index < -0.39 is 17.2 Å². The first-order chi connectivity index (χ1) is 15.4. The molecule has 0 aliphatic carbocycles. The third-order valence-electron chi connectivity index (χ3n) is 4.54. The molecule has 2 aromatic carbocycles. The summed E-state index contributed by atoms with van der Waals surface area (Å²) in [5, 5.41) is 5.36. The summed E-state index contributed by atoms with van der Waals surface area (Å²) < 4.78 is 29.1. The van der Waals surface area contributed by atoms with Crippen LogP contribution in [0.25, 0.3) is 15.9 Å². The number of carbonyl (C=O) groups is 1. The van der Waals surface area contributed by atoms with E-state index in [1.807, 2.05) is 12.1 Å². The molecule has 1 amide bonds. The molecule has 0 radical (unpaired) electrons. The predicted octanol–water partition coefficient (Wildman–Crippen LogP) is 4.83. The van der Waals surface area contributed by atoms with Gasteiger partial charge in [0.15, 0.2) is 5.16 Å². The molecule has 10 heteroatoms. The Morgan fingerprint density at radius 1 is 1.12 bits per heavy atom. The number of thioether (sulfide) groups is 1. The molecule has 2 aromatic heterocycles. The summed E-state index contributed by atoms with van der Waals surface area (Å²) in [5.74, 6) is -1.88. The second-order valence-electron chi connectivity index (χ2n) is 6.81. The topological polar surface area (TPSA) is 64.0 Å². The lowest BCUT2D eigenvalue weighted by molar-refractivity contribution is -0.118. The number of fused-ring (bicyclic) bond motifs is 1. The van der Waals surface area contributed by atoms with Crippen molar-refractivity contribution < 1.29 is 13.6 Å². The number of hydrogen-bond acceptors (Lipinski definition) is 5. The van der Waals surface area contributed by atoms with E-state index in [0.29, 0.717) is 28.2 Å². The largest absolute Gasteiger partial charge is 0.355 e. The number of thiophene rings is 1. The molecular formula is C22H16ClF2N3O2S2. The van der Waals surface area contributed by atoms with Gasteiger partial charge >= 0.3 is 0 Å². The molecule has 0 fully saturated rings. The van der Waals surface area contributed by atoms with Crippen LogP contribution in [-0.4, -0.2) is 27.8 Å². The fourth-order valence-electron chi connectivity index (χ4n) is 3.06. The minimum absolute atomic E-state index is 0.0134. The zero-order valence-electron chi connectivity index (χ0n) is 16.5. The molecule has 0 unspecified atom stereocenters. The van der Waals surface area contributed by atoms with Gasteiger partial charge in [-0.1, -0.05) is 35.5 Å². The van der Waals surface area contributed by atoms with Gasteiger partial charge in [0.2, 0.25) is 5.91 Å². The zero-order valence-corrected chi connectivity index (χ0v) is 18.9. The van der Waals surface area contributed by atoms with Crippen LogP contribution in [0.15, 0.2) is 63.9 Å². The maximum absolute atomic E-state index is 13.8. The van der Waals surface area contributed by atoms with Gasteiger partial charge in [0.25, 0.3) is 5.56 Å². The quantitative estimate of drug-likeness (QED) is 0.297. The van der Waals surface area contributed by atoms with Gasteiger partial charge in [-0.05, 0) is 47.7 Å². The van der Waals surface area contributed by atoms with Crippen molar-refractivity contribution in [2.24, 2.45) is 0 Å². The molecule has 0 atom stereocenters. The molecule has 2 heterocycles. The van der Waals surface area contributed by atoms with Crippen LogP contribution in [0.5, 0.6) is 0 Å². The molecule has 0 bridgehead atoms. The zero-order chi connectivity index (χ0) is 22.7. The van der Waals surface area contributed by atoms with Gasteiger partial charge in [0, 0.05) is 17.6 Å². The lowest BCUT2D eigenvalue weighted by atomic mass is 10.1. The van der Waals surface area contributed by atoms with E-state index in [1.54, 1.807) is 23.6 Å². The fourth-order valence-corrected chi connectivity index (χ4v) is 4.79. The van der Waals surface area contributed by atoms with Crippen molar-refractivity contribution in [2.45, 2.75) is 11.6 Å². The van der Waals surface area contributed by atoms with Crippen molar-refractivity contribution in [2.75, 3.05) is 12.3 Å². The van der Waals surface area contributed by atoms with Gasteiger partial charge in [0.1, 0.15) is 16.3 Å². The molecule has 1 N–H and O–H groups in total. The predicted molar refractivity (Wildman–Crippen MR) is 124 cm³/mol. The highest BCUT2D eigenvalue weighted by molar-refractivity contribution is 7.99.